The number of rotatable bonds is 3. The van der Waals surface area contributed by atoms with Crippen LogP contribution in [0.3, 0.4) is 0 Å². The predicted molar refractivity (Wildman–Crippen MR) is 64.1 cm³/mol. The molecule has 2 rings (SSSR count). The molecule has 0 spiro atoms. The third-order valence-electron chi connectivity index (χ3n) is 2.08. The van der Waals surface area contributed by atoms with E-state index in [-0.39, 0.29) is 0 Å². The van der Waals surface area contributed by atoms with Gasteiger partial charge in [-0.25, -0.2) is 4.68 Å². The number of hydrogen-bond donors (Lipinski definition) is 1. The van der Waals surface area contributed by atoms with Crippen LogP contribution >= 0.6 is 12.2 Å². The lowest BCUT2D eigenvalue weighted by atomic mass is 10.1. The molecular weight excluding hydrogens is 206 g/mol. The Balaban J connectivity index is 2.21. The molecule has 0 aliphatic carbocycles. The van der Waals surface area contributed by atoms with Gasteiger partial charge in [0, 0.05) is 18.8 Å². The fourth-order valence-electron chi connectivity index (χ4n) is 1.39. The lowest BCUT2D eigenvalue weighted by molar-refractivity contribution is 0.880. The van der Waals surface area contributed by atoms with E-state index in [0.717, 1.165) is 11.3 Å². The molecule has 1 aromatic carbocycles. The van der Waals surface area contributed by atoms with Crippen LogP contribution in [0.25, 0.3) is 5.69 Å². The van der Waals surface area contributed by atoms with Crippen molar-refractivity contribution in [2.45, 2.75) is 6.42 Å². The van der Waals surface area contributed by atoms with Gasteiger partial charge in [0.1, 0.15) is 0 Å². The molecule has 0 radical (unpaired) electrons. The monoisotopic (exact) mass is 217 g/mol. The van der Waals surface area contributed by atoms with Crippen molar-refractivity contribution in [3.05, 3.63) is 48.3 Å². The number of benzene rings is 1. The first-order chi connectivity index (χ1) is 7.25. The Labute approximate surface area is 93.5 Å². The molecule has 0 aliphatic rings. The summed E-state index contributed by atoms with van der Waals surface area (Å²) in [7, 11) is 0. The maximum absolute atomic E-state index is 5.47. The van der Waals surface area contributed by atoms with Gasteiger partial charge in [0.15, 0.2) is 0 Å². The highest BCUT2D eigenvalue weighted by Gasteiger charge is 1.97. The Bertz CT molecular complexity index is 445. The van der Waals surface area contributed by atoms with Gasteiger partial charge in [-0.3, -0.25) is 0 Å². The van der Waals surface area contributed by atoms with Gasteiger partial charge < -0.3 is 5.73 Å². The van der Waals surface area contributed by atoms with Gasteiger partial charge in [0.2, 0.25) is 0 Å². The number of aromatic nitrogens is 2. The lowest BCUT2D eigenvalue weighted by Crippen LogP contribution is -2.10. The van der Waals surface area contributed by atoms with Crippen molar-refractivity contribution in [3.8, 4) is 5.69 Å². The Hall–Kier alpha value is -1.68. The summed E-state index contributed by atoms with van der Waals surface area (Å²) in [6, 6.07) is 9.91. The van der Waals surface area contributed by atoms with E-state index < -0.39 is 0 Å². The van der Waals surface area contributed by atoms with Gasteiger partial charge in [-0.05, 0) is 23.8 Å². The quantitative estimate of drug-likeness (QED) is 0.796. The Morgan fingerprint density at radius 2 is 2.07 bits per heavy atom. The summed E-state index contributed by atoms with van der Waals surface area (Å²) < 4.78 is 1.81. The minimum absolute atomic E-state index is 0.516. The molecule has 0 bridgehead atoms. The highest BCUT2D eigenvalue weighted by atomic mass is 32.1. The van der Waals surface area contributed by atoms with Crippen molar-refractivity contribution in [3.63, 3.8) is 0 Å². The maximum Gasteiger partial charge on any atom is 0.0771 e. The van der Waals surface area contributed by atoms with Crippen molar-refractivity contribution in [1.29, 1.82) is 0 Å². The van der Waals surface area contributed by atoms with Gasteiger partial charge >= 0.3 is 0 Å². The van der Waals surface area contributed by atoms with Gasteiger partial charge in [0.05, 0.1) is 10.7 Å². The summed E-state index contributed by atoms with van der Waals surface area (Å²) in [6.45, 7) is 0. The molecule has 2 aromatic rings. The first-order valence-corrected chi connectivity index (χ1v) is 5.04. The Morgan fingerprint density at radius 1 is 1.33 bits per heavy atom. The van der Waals surface area contributed by atoms with E-state index in [1.54, 1.807) is 6.20 Å². The van der Waals surface area contributed by atoms with Crippen LogP contribution in [0.1, 0.15) is 5.56 Å². The van der Waals surface area contributed by atoms with E-state index >= 15 is 0 Å². The fourth-order valence-corrected chi connectivity index (χ4v) is 1.56. The minimum Gasteiger partial charge on any atom is -0.393 e. The number of thiocarbonyl (C=S) groups is 1. The fraction of sp³-hybridized carbons (Fsp3) is 0.0909. The van der Waals surface area contributed by atoms with Crippen LogP contribution in [0, 0.1) is 0 Å². The van der Waals surface area contributed by atoms with Gasteiger partial charge in [-0.1, -0.05) is 24.4 Å². The van der Waals surface area contributed by atoms with Crippen molar-refractivity contribution in [2.75, 3.05) is 0 Å². The first-order valence-electron chi connectivity index (χ1n) is 4.63. The van der Waals surface area contributed by atoms with E-state index in [4.69, 9.17) is 18.0 Å². The zero-order valence-electron chi connectivity index (χ0n) is 8.13. The van der Waals surface area contributed by atoms with Crippen LogP contribution in [-0.2, 0) is 6.42 Å². The van der Waals surface area contributed by atoms with Crippen LogP contribution in [0.5, 0.6) is 0 Å². The average molecular weight is 217 g/mol. The molecule has 15 heavy (non-hydrogen) atoms. The molecular formula is C11H11N3S. The summed E-state index contributed by atoms with van der Waals surface area (Å²) in [5.74, 6) is 0. The molecule has 0 saturated heterocycles. The molecule has 76 valence electrons. The zero-order valence-corrected chi connectivity index (χ0v) is 8.95. The molecule has 0 amide bonds. The Morgan fingerprint density at radius 3 is 2.60 bits per heavy atom. The average Bonchev–Trinajstić information content (AvgIpc) is 2.71. The Kier molecular flexibility index (Phi) is 2.78. The second kappa shape index (κ2) is 4.23. The SMILES string of the molecule is NC(=S)Cc1ccc(-n2cccn2)cc1. The second-order valence-corrected chi connectivity index (χ2v) is 3.78. The molecule has 0 aliphatic heterocycles. The number of nitrogens with two attached hydrogens (primary N) is 1. The summed E-state index contributed by atoms with van der Waals surface area (Å²) in [6.07, 6.45) is 4.31. The lowest BCUT2D eigenvalue weighted by Gasteiger charge is -2.03. The van der Waals surface area contributed by atoms with Crippen LogP contribution in [0.4, 0.5) is 0 Å². The maximum atomic E-state index is 5.47. The first kappa shape index (κ1) is 9.86. The van der Waals surface area contributed by atoms with E-state index in [1.807, 2.05) is 41.2 Å². The largest absolute Gasteiger partial charge is 0.393 e. The van der Waals surface area contributed by atoms with Gasteiger partial charge in [-0.15, -0.1) is 0 Å². The van der Waals surface area contributed by atoms with Crippen LogP contribution in [0.2, 0.25) is 0 Å². The molecule has 1 aromatic heterocycles. The van der Waals surface area contributed by atoms with Gasteiger partial charge in [0.25, 0.3) is 0 Å². The molecule has 0 saturated carbocycles. The molecule has 0 atom stereocenters. The van der Waals surface area contributed by atoms with E-state index in [0.29, 0.717) is 11.4 Å². The molecule has 4 heteroatoms. The van der Waals surface area contributed by atoms with E-state index in [9.17, 15) is 0 Å². The minimum atomic E-state index is 0.516. The molecule has 3 nitrogen and oxygen atoms in total. The van der Waals surface area contributed by atoms with E-state index in [2.05, 4.69) is 5.10 Å². The summed E-state index contributed by atoms with van der Waals surface area (Å²) in [5.41, 5.74) is 7.63. The number of hydrogen-bond acceptors (Lipinski definition) is 2. The molecule has 0 unspecified atom stereocenters. The van der Waals surface area contributed by atoms with Crippen molar-refractivity contribution >= 4 is 17.2 Å². The van der Waals surface area contributed by atoms with Crippen molar-refractivity contribution in [2.24, 2.45) is 5.73 Å². The second-order valence-electron chi connectivity index (χ2n) is 3.26. The van der Waals surface area contributed by atoms with Crippen molar-refractivity contribution < 1.29 is 0 Å². The third-order valence-corrected chi connectivity index (χ3v) is 2.23. The standard InChI is InChI=1S/C11H11N3S/c12-11(15)8-9-2-4-10(5-3-9)14-7-1-6-13-14/h1-7H,8H2,(H2,12,15). The van der Waals surface area contributed by atoms with Crippen LogP contribution in [-0.4, -0.2) is 14.8 Å². The van der Waals surface area contributed by atoms with Crippen LogP contribution in [0.15, 0.2) is 42.7 Å². The molecule has 0 fully saturated rings. The topological polar surface area (TPSA) is 43.8 Å². The third kappa shape index (κ3) is 2.41. The van der Waals surface area contributed by atoms with E-state index in [1.165, 1.54) is 0 Å². The summed E-state index contributed by atoms with van der Waals surface area (Å²) in [4.78, 5) is 0.516. The molecule has 1 heterocycles. The summed E-state index contributed by atoms with van der Waals surface area (Å²) in [5, 5.41) is 4.14. The van der Waals surface area contributed by atoms with Crippen molar-refractivity contribution in [1.82, 2.24) is 9.78 Å². The number of nitrogens with zero attached hydrogens (tertiary/aromatic N) is 2. The highest BCUT2D eigenvalue weighted by Crippen LogP contribution is 2.08. The predicted octanol–water partition coefficient (Wildman–Crippen LogP) is 1.70. The smallest absolute Gasteiger partial charge is 0.0771 e. The van der Waals surface area contributed by atoms with Crippen LogP contribution < -0.4 is 5.73 Å². The zero-order chi connectivity index (χ0) is 10.7. The normalized spacial score (nSPS) is 10.1. The molecule has 2 N–H and O–H groups in total. The highest BCUT2D eigenvalue weighted by molar-refractivity contribution is 7.80. The summed E-state index contributed by atoms with van der Waals surface area (Å²) >= 11 is 4.85. The van der Waals surface area contributed by atoms with Gasteiger partial charge in [-0.2, -0.15) is 5.10 Å².